The van der Waals surface area contributed by atoms with E-state index >= 15 is 0 Å². The molecule has 0 amide bonds. The standard InChI is InChI=1S/C11H9NO3S/c13-8-2-1-3-16-10-5-9-7(4-6(8)10)12-11(14)15-9/h4-5H,1-3H2,(H,12,14). The second-order valence-corrected chi connectivity index (χ2v) is 4.87. The van der Waals surface area contributed by atoms with Crippen molar-refractivity contribution in [3.05, 3.63) is 28.2 Å². The number of nitrogens with one attached hydrogen (secondary N) is 1. The zero-order valence-corrected chi connectivity index (χ0v) is 9.23. The first-order valence-corrected chi connectivity index (χ1v) is 6.05. The minimum absolute atomic E-state index is 0.143. The lowest BCUT2D eigenvalue weighted by atomic mass is 10.1. The van der Waals surface area contributed by atoms with Gasteiger partial charge in [-0.25, -0.2) is 4.79 Å². The van der Waals surface area contributed by atoms with Gasteiger partial charge in [0.2, 0.25) is 0 Å². The van der Waals surface area contributed by atoms with Crippen molar-refractivity contribution < 1.29 is 9.21 Å². The SMILES string of the molecule is O=C1CCCSc2cc3oc(=O)[nH]c3cc21. The number of thioether (sulfide) groups is 1. The zero-order chi connectivity index (χ0) is 11.1. The third kappa shape index (κ3) is 1.48. The van der Waals surface area contributed by atoms with Gasteiger partial charge in [-0.15, -0.1) is 11.8 Å². The van der Waals surface area contributed by atoms with Gasteiger partial charge in [-0.3, -0.25) is 9.78 Å². The first-order valence-electron chi connectivity index (χ1n) is 5.07. The maximum atomic E-state index is 11.8. The molecule has 3 rings (SSSR count). The number of carbonyl (C=O) groups is 1. The molecule has 0 fully saturated rings. The van der Waals surface area contributed by atoms with Gasteiger partial charge in [0.25, 0.3) is 0 Å². The third-order valence-corrected chi connectivity index (χ3v) is 3.77. The molecule has 0 unspecified atom stereocenters. The van der Waals surface area contributed by atoms with Gasteiger partial charge in [0.05, 0.1) is 5.52 Å². The topological polar surface area (TPSA) is 63.1 Å². The summed E-state index contributed by atoms with van der Waals surface area (Å²) in [6.07, 6.45) is 1.48. The summed E-state index contributed by atoms with van der Waals surface area (Å²) in [5.74, 6) is 0.593. The Morgan fingerprint density at radius 2 is 2.19 bits per heavy atom. The van der Waals surface area contributed by atoms with Crippen molar-refractivity contribution in [2.24, 2.45) is 0 Å². The van der Waals surface area contributed by atoms with Crippen molar-refractivity contribution >= 4 is 28.6 Å². The number of ketones is 1. The lowest BCUT2D eigenvalue weighted by Gasteiger charge is -2.02. The number of benzene rings is 1. The maximum Gasteiger partial charge on any atom is 0.417 e. The summed E-state index contributed by atoms with van der Waals surface area (Å²) in [4.78, 5) is 26.3. The highest BCUT2D eigenvalue weighted by atomic mass is 32.2. The van der Waals surface area contributed by atoms with E-state index < -0.39 is 5.76 Å². The molecule has 0 aliphatic carbocycles. The van der Waals surface area contributed by atoms with E-state index in [4.69, 9.17) is 4.42 Å². The van der Waals surface area contributed by atoms with Crippen LogP contribution in [0.3, 0.4) is 0 Å². The largest absolute Gasteiger partial charge is 0.417 e. The number of Topliss-reactive ketones (excluding diaryl/α,β-unsaturated/α-hetero) is 1. The van der Waals surface area contributed by atoms with Crippen molar-refractivity contribution in [1.29, 1.82) is 0 Å². The Kier molecular flexibility index (Phi) is 2.14. The summed E-state index contributed by atoms with van der Waals surface area (Å²) in [6.45, 7) is 0. The minimum Gasteiger partial charge on any atom is -0.408 e. The Hall–Kier alpha value is -1.49. The summed E-state index contributed by atoms with van der Waals surface area (Å²) in [6, 6.07) is 3.49. The van der Waals surface area contributed by atoms with Crippen LogP contribution < -0.4 is 5.76 Å². The molecule has 1 aliphatic heterocycles. The molecule has 0 atom stereocenters. The summed E-state index contributed by atoms with van der Waals surface area (Å²) in [5.41, 5.74) is 1.82. The van der Waals surface area contributed by atoms with Crippen LogP contribution in [-0.4, -0.2) is 16.5 Å². The van der Waals surface area contributed by atoms with Crippen LogP contribution in [0.4, 0.5) is 0 Å². The fraction of sp³-hybridized carbons (Fsp3) is 0.273. The molecule has 0 radical (unpaired) electrons. The van der Waals surface area contributed by atoms with Gasteiger partial charge in [0.15, 0.2) is 11.4 Å². The Morgan fingerprint density at radius 3 is 3.06 bits per heavy atom. The van der Waals surface area contributed by atoms with E-state index in [1.54, 1.807) is 23.9 Å². The molecular weight excluding hydrogens is 226 g/mol. The predicted octanol–water partition coefficient (Wildman–Crippen LogP) is 2.19. The van der Waals surface area contributed by atoms with E-state index in [0.29, 0.717) is 23.1 Å². The van der Waals surface area contributed by atoms with Gasteiger partial charge < -0.3 is 4.42 Å². The quantitative estimate of drug-likeness (QED) is 0.760. The number of carbonyl (C=O) groups excluding carboxylic acids is 1. The number of hydrogen-bond donors (Lipinski definition) is 1. The maximum absolute atomic E-state index is 11.8. The van der Waals surface area contributed by atoms with E-state index in [1.807, 2.05) is 0 Å². The molecule has 16 heavy (non-hydrogen) atoms. The molecule has 0 spiro atoms. The first kappa shape index (κ1) is 9.72. The number of hydrogen-bond acceptors (Lipinski definition) is 4. The monoisotopic (exact) mass is 235 g/mol. The van der Waals surface area contributed by atoms with Crippen LogP contribution in [0.15, 0.2) is 26.2 Å². The number of oxazole rings is 1. The Bertz CT molecular complexity index is 626. The molecule has 82 valence electrons. The van der Waals surface area contributed by atoms with Crippen LogP contribution >= 0.6 is 11.8 Å². The molecule has 2 heterocycles. The molecule has 2 aromatic rings. The number of aromatic amines is 1. The van der Waals surface area contributed by atoms with Crippen LogP contribution in [0.5, 0.6) is 0 Å². The summed E-state index contributed by atoms with van der Waals surface area (Å²) >= 11 is 1.64. The van der Waals surface area contributed by atoms with Gasteiger partial charge in [-0.1, -0.05) is 0 Å². The first-order chi connectivity index (χ1) is 7.74. The summed E-state index contributed by atoms with van der Waals surface area (Å²) < 4.78 is 4.97. The number of aromatic nitrogens is 1. The van der Waals surface area contributed by atoms with Gasteiger partial charge in [-0.2, -0.15) is 0 Å². The van der Waals surface area contributed by atoms with Crippen molar-refractivity contribution in [2.75, 3.05) is 5.75 Å². The van der Waals surface area contributed by atoms with Crippen molar-refractivity contribution in [2.45, 2.75) is 17.7 Å². The van der Waals surface area contributed by atoms with Crippen LogP contribution in [-0.2, 0) is 0 Å². The van der Waals surface area contributed by atoms with E-state index in [2.05, 4.69) is 4.98 Å². The third-order valence-electron chi connectivity index (χ3n) is 2.63. The Labute approximate surface area is 95.0 Å². The van der Waals surface area contributed by atoms with Gasteiger partial charge >= 0.3 is 5.76 Å². The summed E-state index contributed by atoms with van der Waals surface area (Å²) in [7, 11) is 0. The molecule has 4 nitrogen and oxygen atoms in total. The van der Waals surface area contributed by atoms with Gasteiger partial charge in [0, 0.05) is 16.9 Å². The van der Waals surface area contributed by atoms with Crippen molar-refractivity contribution in [3.8, 4) is 0 Å². The van der Waals surface area contributed by atoms with Crippen molar-refractivity contribution in [3.63, 3.8) is 0 Å². The molecular formula is C11H9NO3S. The lowest BCUT2D eigenvalue weighted by molar-refractivity contribution is 0.0980. The molecule has 1 N–H and O–H groups in total. The van der Waals surface area contributed by atoms with E-state index in [-0.39, 0.29) is 5.78 Å². The Morgan fingerprint density at radius 1 is 1.31 bits per heavy atom. The fourth-order valence-electron chi connectivity index (χ4n) is 1.87. The average molecular weight is 235 g/mol. The molecule has 0 bridgehead atoms. The second kappa shape index (κ2) is 3.52. The van der Waals surface area contributed by atoms with E-state index in [1.165, 1.54) is 0 Å². The van der Waals surface area contributed by atoms with E-state index in [0.717, 1.165) is 17.1 Å². The van der Waals surface area contributed by atoms with Gasteiger partial charge in [-0.05, 0) is 24.3 Å². The molecule has 1 aliphatic rings. The Balaban J connectivity index is 2.29. The molecule has 0 saturated heterocycles. The van der Waals surface area contributed by atoms with Crippen LogP contribution in [0, 0.1) is 0 Å². The number of H-pyrrole nitrogens is 1. The highest BCUT2D eigenvalue weighted by Gasteiger charge is 2.18. The molecule has 5 heteroatoms. The average Bonchev–Trinajstić information content (AvgIpc) is 2.52. The highest BCUT2D eigenvalue weighted by molar-refractivity contribution is 7.99. The smallest absolute Gasteiger partial charge is 0.408 e. The lowest BCUT2D eigenvalue weighted by Crippen LogP contribution is -1.98. The predicted molar refractivity (Wildman–Crippen MR) is 61.1 cm³/mol. The second-order valence-electron chi connectivity index (χ2n) is 3.73. The highest BCUT2D eigenvalue weighted by Crippen LogP contribution is 2.31. The van der Waals surface area contributed by atoms with Crippen LogP contribution in [0.1, 0.15) is 23.2 Å². The number of rotatable bonds is 0. The molecule has 1 aromatic carbocycles. The van der Waals surface area contributed by atoms with Gasteiger partial charge in [0.1, 0.15) is 0 Å². The van der Waals surface area contributed by atoms with Crippen molar-refractivity contribution in [1.82, 2.24) is 4.98 Å². The normalized spacial score (nSPS) is 16.1. The zero-order valence-electron chi connectivity index (χ0n) is 8.41. The minimum atomic E-state index is -0.479. The van der Waals surface area contributed by atoms with Crippen LogP contribution in [0.25, 0.3) is 11.1 Å². The van der Waals surface area contributed by atoms with E-state index in [9.17, 15) is 9.59 Å². The molecule has 1 aromatic heterocycles. The molecule has 0 saturated carbocycles. The summed E-state index contributed by atoms with van der Waals surface area (Å²) in [5, 5.41) is 0. The number of fused-ring (bicyclic) bond motifs is 2. The fourth-order valence-corrected chi connectivity index (χ4v) is 2.89. The van der Waals surface area contributed by atoms with Crippen LogP contribution in [0.2, 0.25) is 0 Å².